The molecular formula is C19H19N5OS. The number of hydrogen-bond donors (Lipinski definition) is 1. The van der Waals surface area contributed by atoms with Crippen molar-refractivity contribution in [2.24, 2.45) is 0 Å². The molecule has 0 radical (unpaired) electrons. The summed E-state index contributed by atoms with van der Waals surface area (Å²) in [5.41, 5.74) is 8.66. The number of nitrogen functional groups attached to an aromatic ring is 1. The Bertz CT molecular complexity index is 1010. The van der Waals surface area contributed by atoms with Gasteiger partial charge in [0.15, 0.2) is 22.8 Å². The van der Waals surface area contributed by atoms with Gasteiger partial charge in [0.05, 0.1) is 11.5 Å². The number of ether oxygens (including phenoxy) is 1. The predicted octanol–water partition coefficient (Wildman–Crippen LogP) is 3.78. The van der Waals surface area contributed by atoms with Crippen molar-refractivity contribution in [1.29, 1.82) is 0 Å². The number of aromatic nitrogens is 4. The highest BCUT2D eigenvalue weighted by Gasteiger charge is 2.18. The summed E-state index contributed by atoms with van der Waals surface area (Å²) in [6.45, 7) is 3.29. The van der Waals surface area contributed by atoms with Crippen molar-refractivity contribution in [2.75, 3.05) is 12.3 Å². The molecule has 0 bridgehead atoms. The van der Waals surface area contributed by atoms with Crippen LogP contribution in [0.15, 0.2) is 47.8 Å². The number of benzene rings is 1. The van der Waals surface area contributed by atoms with Crippen LogP contribution in [0.3, 0.4) is 0 Å². The van der Waals surface area contributed by atoms with Gasteiger partial charge in [-0.05, 0) is 23.9 Å². The maximum absolute atomic E-state index is 6.13. The first-order valence-corrected chi connectivity index (χ1v) is 9.38. The van der Waals surface area contributed by atoms with Crippen molar-refractivity contribution in [2.45, 2.75) is 19.9 Å². The zero-order valence-electron chi connectivity index (χ0n) is 14.4. The van der Waals surface area contributed by atoms with Crippen LogP contribution >= 0.6 is 11.3 Å². The maximum Gasteiger partial charge on any atom is 0.320 e. The van der Waals surface area contributed by atoms with E-state index >= 15 is 0 Å². The molecule has 0 amide bonds. The van der Waals surface area contributed by atoms with Gasteiger partial charge in [-0.2, -0.15) is 9.97 Å². The zero-order chi connectivity index (χ0) is 17.9. The second-order valence-corrected chi connectivity index (χ2v) is 6.75. The summed E-state index contributed by atoms with van der Waals surface area (Å²) in [6.07, 6.45) is 0.787. The fraction of sp³-hybridized carbons (Fsp3) is 0.211. The van der Waals surface area contributed by atoms with Crippen molar-refractivity contribution in [1.82, 2.24) is 19.5 Å². The Kier molecular flexibility index (Phi) is 4.53. The number of imidazole rings is 1. The average molecular weight is 365 g/mol. The summed E-state index contributed by atoms with van der Waals surface area (Å²) in [6, 6.07) is 14.5. The zero-order valence-corrected chi connectivity index (χ0v) is 15.2. The first kappa shape index (κ1) is 16.5. The number of nitrogens with two attached hydrogens (primary N) is 1. The van der Waals surface area contributed by atoms with E-state index in [1.807, 2.05) is 40.3 Å². The third-order valence-corrected chi connectivity index (χ3v) is 4.99. The molecular weight excluding hydrogens is 346 g/mol. The molecule has 7 heteroatoms. The number of anilines is 1. The van der Waals surface area contributed by atoms with Crippen LogP contribution in [0.25, 0.3) is 21.9 Å². The van der Waals surface area contributed by atoms with E-state index in [9.17, 15) is 0 Å². The molecule has 3 heterocycles. The molecule has 0 fully saturated rings. The smallest absolute Gasteiger partial charge is 0.320 e. The molecule has 26 heavy (non-hydrogen) atoms. The Balaban J connectivity index is 1.63. The Morgan fingerprint density at radius 1 is 1.08 bits per heavy atom. The summed E-state index contributed by atoms with van der Waals surface area (Å²) in [4.78, 5) is 14.6. The van der Waals surface area contributed by atoms with Gasteiger partial charge in [-0.25, -0.2) is 4.98 Å². The minimum absolute atomic E-state index is 0.290. The molecule has 0 aliphatic rings. The lowest BCUT2D eigenvalue weighted by atomic mass is 10.2. The van der Waals surface area contributed by atoms with Crippen LogP contribution in [-0.4, -0.2) is 26.1 Å². The lowest BCUT2D eigenvalue weighted by Crippen LogP contribution is -2.07. The SMILES string of the molecule is CCn1c(-c2cccs2)nc2c(N)nc(OCCc3ccccc3)nc21. The molecule has 0 spiro atoms. The highest BCUT2D eigenvalue weighted by molar-refractivity contribution is 7.13. The van der Waals surface area contributed by atoms with Gasteiger partial charge in [-0.15, -0.1) is 11.3 Å². The summed E-state index contributed by atoms with van der Waals surface area (Å²) in [5, 5.41) is 2.03. The first-order valence-electron chi connectivity index (χ1n) is 8.50. The molecule has 0 saturated carbocycles. The third kappa shape index (κ3) is 3.13. The van der Waals surface area contributed by atoms with Gasteiger partial charge in [0.2, 0.25) is 0 Å². The van der Waals surface area contributed by atoms with E-state index in [2.05, 4.69) is 34.0 Å². The minimum atomic E-state index is 0.290. The fourth-order valence-electron chi connectivity index (χ4n) is 2.86. The molecule has 4 rings (SSSR count). The first-order chi connectivity index (χ1) is 12.8. The predicted molar refractivity (Wildman–Crippen MR) is 104 cm³/mol. The van der Waals surface area contributed by atoms with E-state index in [1.165, 1.54) is 5.56 Å². The van der Waals surface area contributed by atoms with Gasteiger partial charge in [-0.3, -0.25) is 0 Å². The van der Waals surface area contributed by atoms with Crippen LogP contribution in [-0.2, 0) is 13.0 Å². The molecule has 2 N–H and O–H groups in total. The van der Waals surface area contributed by atoms with Gasteiger partial charge >= 0.3 is 6.01 Å². The van der Waals surface area contributed by atoms with Crippen molar-refractivity contribution in [3.05, 3.63) is 53.4 Å². The van der Waals surface area contributed by atoms with E-state index in [0.717, 1.165) is 23.7 Å². The van der Waals surface area contributed by atoms with E-state index < -0.39 is 0 Å². The Labute approximate surface area is 155 Å². The number of fused-ring (bicyclic) bond motifs is 1. The van der Waals surface area contributed by atoms with Crippen molar-refractivity contribution in [3.8, 4) is 16.7 Å². The van der Waals surface area contributed by atoms with E-state index in [0.29, 0.717) is 29.6 Å². The number of nitrogens with zero attached hydrogens (tertiary/aromatic N) is 4. The Morgan fingerprint density at radius 3 is 2.65 bits per heavy atom. The second kappa shape index (κ2) is 7.13. The largest absolute Gasteiger partial charge is 0.463 e. The molecule has 1 aromatic carbocycles. The molecule has 0 unspecified atom stereocenters. The van der Waals surface area contributed by atoms with Gasteiger partial charge < -0.3 is 15.0 Å². The van der Waals surface area contributed by atoms with E-state index in [-0.39, 0.29) is 0 Å². The molecule has 4 aromatic rings. The third-order valence-electron chi connectivity index (χ3n) is 4.12. The topological polar surface area (TPSA) is 78.9 Å². The molecule has 0 atom stereocenters. The summed E-state index contributed by atoms with van der Waals surface area (Å²) in [5.74, 6) is 1.20. The van der Waals surface area contributed by atoms with Crippen molar-refractivity contribution >= 4 is 28.3 Å². The van der Waals surface area contributed by atoms with Gasteiger partial charge in [0, 0.05) is 13.0 Å². The van der Waals surface area contributed by atoms with Gasteiger partial charge in [-0.1, -0.05) is 36.4 Å². The normalized spacial score (nSPS) is 11.1. The monoisotopic (exact) mass is 365 g/mol. The summed E-state index contributed by atoms with van der Waals surface area (Å²) < 4.78 is 7.80. The van der Waals surface area contributed by atoms with Crippen LogP contribution in [0.2, 0.25) is 0 Å². The highest BCUT2D eigenvalue weighted by Crippen LogP contribution is 2.30. The van der Waals surface area contributed by atoms with Crippen LogP contribution in [0.5, 0.6) is 6.01 Å². The number of hydrogen-bond acceptors (Lipinski definition) is 6. The van der Waals surface area contributed by atoms with Gasteiger partial charge in [0.25, 0.3) is 0 Å². The second-order valence-electron chi connectivity index (χ2n) is 5.80. The molecule has 0 aliphatic heterocycles. The number of thiophene rings is 1. The molecule has 3 aromatic heterocycles. The molecule has 6 nitrogen and oxygen atoms in total. The van der Waals surface area contributed by atoms with E-state index in [4.69, 9.17) is 10.5 Å². The number of aryl methyl sites for hydroxylation is 1. The number of rotatable bonds is 6. The molecule has 0 aliphatic carbocycles. The standard InChI is InChI=1S/C19H19N5OS/c1-2-24-17(14-9-6-12-26-14)21-15-16(20)22-19(23-18(15)24)25-11-10-13-7-4-3-5-8-13/h3-9,12H,2,10-11H2,1H3,(H2,20,22,23). The van der Waals surface area contributed by atoms with Crippen LogP contribution in [0.4, 0.5) is 5.82 Å². The molecule has 0 saturated heterocycles. The van der Waals surface area contributed by atoms with Crippen LogP contribution in [0.1, 0.15) is 12.5 Å². The van der Waals surface area contributed by atoms with Crippen LogP contribution in [0, 0.1) is 0 Å². The Hall–Kier alpha value is -2.93. The molecule has 132 valence electrons. The summed E-state index contributed by atoms with van der Waals surface area (Å²) in [7, 11) is 0. The quantitative estimate of drug-likeness (QED) is 0.562. The Morgan fingerprint density at radius 2 is 1.92 bits per heavy atom. The van der Waals surface area contributed by atoms with Crippen molar-refractivity contribution in [3.63, 3.8) is 0 Å². The minimum Gasteiger partial charge on any atom is -0.463 e. The lowest BCUT2D eigenvalue weighted by molar-refractivity contribution is 0.297. The maximum atomic E-state index is 6.13. The fourth-order valence-corrected chi connectivity index (χ4v) is 3.59. The summed E-state index contributed by atoms with van der Waals surface area (Å²) >= 11 is 1.64. The van der Waals surface area contributed by atoms with Crippen LogP contribution < -0.4 is 10.5 Å². The van der Waals surface area contributed by atoms with E-state index in [1.54, 1.807) is 11.3 Å². The lowest BCUT2D eigenvalue weighted by Gasteiger charge is -2.07. The highest BCUT2D eigenvalue weighted by atomic mass is 32.1. The average Bonchev–Trinajstić information content (AvgIpc) is 3.30. The van der Waals surface area contributed by atoms with Gasteiger partial charge in [0.1, 0.15) is 0 Å². The van der Waals surface area contributed by atoms with Crippen molar-refractivity contribution < 1.29 is 4.74 Å².